The van der Waals surface area contributed by atoms with Crippen LogP contribution in [0.15, 0.2) is 212 Å². The van der Waals surface area contributed by atoms with E-state index in [2.05, 4.69) is 273 Å². The van der Waals surface area contributed by atoms with E-state index in [1.54, 1.807) is 0 Å². The van der Waals surface area contributed by atoms with Gasteiger partial charge in [-0.3, -0.25) is 4.40 Å². The number of pyridine rings is 1. The number of nitrogens with zero attached hydrogens (tertiary/aromatic N) is 5. The second kappa shape index (κ2) is 15.3. The van der Waals surface area contributed by atoms with Crippen molar-refractivity contribution in [3.05, 3.63) is 224 Å². The minimum Gasteiger partial charge on any atom is -0.308 e. The summed E-state index contributed by atoms with van der Waals surface area (Å²) in [5.41, 5.74) is 15.8. The highest BCUT2D eigenvalue weighted by atomic mass is 15.2. The highest BCUT2D eigenvalue weighted by molar-refractivity contribution is 6.41. The number of benzene rings is 10. The van der Waals surface area contributed by atoms with Gasteiger partial charge in [0, 0.05) is 65.8 Å². The van der Waals surface area contributed by atoms with Gasteiger partial charge in [-0.25, -0.2) is 4.98 Å². The molecule has 0 N–H and O–H groups in total. The third-order valence-corrected chi connectivity index (χ3v) is 16.0. The average Bonchev–Trinajstić information content (AvgIpc) is 4.20. The van der Waals surface area contributed by atoms with E-state index in [0.717, 1.165) is 50.8 Å². The van der Waals surface area contributed by atoms with Gasteiger partial charge in [-0.15, -0.1) is 0 Å². The van der Waals surface area contributed by atoms with Gasteiger partial charge >= 0.3 is 0 Å². The minimum absolute atomic E-state index is 0.126. The molecule has 354 valence electrons. The smallest absolute Gasteiger partial charge is 0.146 e. The average molecular weight is 952 g/mol. The molecule has 0 aliphatic heterocycles. The molecule has 5 heterocycles. The lowest BCUT2D eigenvalue weighted by Crippen LogP contribution is -2.15. The Morgan fingerprint density at radius 3 is 1.31 bits per heavy atom. The van der Waals surface area contributed by atoms with E-state index in [4.69, 9.17) is 4.98 Å². The summed E-state index contributed by atoms with van der Waals surface area (Å²) in [6.07, 6.45) is 2.19. The summed E-state index contributed by atoms with van der Waals surface area (Å²) in [4.78, 5) is 10.7. The first-order valence-corrected chi connectivity index (χ1v) is 26.0. The van der Waals surface area contributed by atoms with Gasteiger partial charge in [0.25, 0.3) is 0 Å². The molecule has 0 aliphatic carbocycles. The SMILES string of the molecule is CC(C)(C)c1cc(N(c2ccccc2)c2ccccc2)c2c(c1)c1cc(C(C)(C)C)cc3c4c5c6c7ccccc7cc7c8c9ccccc9cc(N(c9ccccc9)c9ccccc9)c8n(c5cnc4n2c13)c76. The number of hydrogen-bond acceptors (Lipinski definition) is 3. The molecule has 0 saturated carbocycles. The Morgan fingerprint density at radius 1 is 0.338 bits per heavy atom. The van der Waals surface area contributed by atoms with Crippen molar-refractivity contribution in [2.75, 3.05) is 9.80 Å². The van der Waals surface area contributed by atoms with Gasteiger partial charge in [-0.1, -0.05) is 163 Å². The number of fused-ring (bicyclic) bond motifs is 17. The fourth-order valence-electron chi connectivity index (χ4n) is 12.5. The summed E-state index contributed by atoms with van der Waals surface area (Å²) in [6, 6.07) is 76.2. The Kier molecular flexibility index (Phi) is 8.83. The zero-order chi connectivity index (χ0) is 49.8. The van der Waals surface area contributed by atoms with Crippen molar-refractivity contribution < 1.29 is 0 Å². The summed E-state index contributed by atoms with van der Waals surface area (Å²) < 4.78 is 5.11. The van der Waals surface area contributed by atoms with E-state index in [-0.39, 0.29) is 10.8 Å². The minimum atomic E-state index is -0.139. The van der Waals surface area contributed by atoms with Crippen molar-refractivity contribution in [2.24, 2.45) is 0 Å². The maximum atomic E-state index is 5.80. The summed E-state index contributed by atoms with van der Waals surface area (Å²) in [5.74, 6) is 0. The molecule has 15 rings (SSSR count). The van der Waals surface area contributed by atoms with E-state index >= 15 is 0 Å². The van der Waals surface area contributed by atoms with Crippen molar-refractivity contribution in [3.63, 3.8) is 0 Å². The first-order valence-electron chi connectivity index (χ1n) is 26.0. The molecule has 0 unspecified atom stereocenters. The molecule has 0 radical (unpaired) electrons. The van der Waals surface area contributed by atoms with Gasteiger partial charge in [-0.05, 0) is 128 Å². The molecule has 74 heavy (non-hydrogen) atoms. The van der Waals surface area contributed by atoms with Crippen molar-refractivity contribution >= 4 is 132 Å². The van der Waals surface area contributed by atoms with Crippen LogP contribution >= 0.6 is 0 Å². The molecular formula is C69H53N5. The quantitative estimate of drug-likeness (QED) is 0.166. The molecule has 0 amide bonds. The van der Waals surface area contributed by atoms with Gasteiger partial charge in [0.2, 0.25) is 0 Å². The summed E-state index contributed by atoms with van der Waals surface area (Å²) in [7, 11) is 0. The van der Waals surface area contributed by atoms with Crippen LogP contribution in [0.25, 0.3) is 97.9 Å². The van der Waals surface area contributed by atoms with Crippen LogP contribution in [0.2, 0.25) is 0 Å². The monoisotopic (exact) mass is 951 g/mol. The third kappa shape index (κ3) is 5.95. The summed E-state index contributed by atoms with van der Waals surface area (Å²) in [5, 5.41) is 14.8. The van der Waals surface area contributed by atoms with Crippen LogP contribution in [-0.4, -0.2) is 13.8 Å². The Labute approximate surface area is 429 Å². The number of rotatable bonds is 6. The van der Waals surface area contributed by atoms with Crippen molar-refractivity contribution in [1.29, 1.82) is 0 Å². The maximum Gasteiger partial charge on any atom is 0.146 e. The summed E-state index contributed by atoms with van der Waals surface area (Å²) >= 11 is 0. The van der Waals surface area contributed by atoms with E-state index in [1.165, 1.54) is 92.3 Å². The second-order valence-corrected chi connectivity index (χ2v) is 22.4. The highest BCUT2D eigenvalue weighted by Crippen LogP contribution is 2.54. The van der Waals surface area contributed by atoms with Gasteiger partial charge < -0.3 is 14.2 Å². The van der Waals surface area contributed by atoms with E-state index in [0.29, 0.717) is 0 Å². The van der Waals surface area contributed by atoms with Crippen LogP contribution in [0, 0.1) is 0 Å². The Balaban J connectivity index is 1.19. The molecule has 5 aromatic heterocycles. The normalized spacial score (nSPS) is 12.7. The van der Waals surface area contributed by atoms with E-state index < -0.39 is 0 Å². The Morgan fingerprint density at radius 2 is 0.770 bits per heavy atom. The van der Waals surface area contributed by atoms with Gasteiger partial charge in [-0.2, -0.15) is 0 Å². The zero-order valence-electron chi connectivity index (χ0n) is 42.4. The predicted octanol–water partition coefficient (Wildman–Crippen LogP) is 19.2. The number of para-hydroxylation sites is 4. The lowest BCUT2D eigenvalue weighted by molar-refractivity contribution is 0.591. The molecule has 15 aromatic rings. The largest absolute Gasteiger partial charge is 0.308 e. The lowest BCUT2D eigenvalue weighted by atomic mass is 9.84. The number of hydrogen-bond donors (Lipinski definition) is 0. The standard InChI is InChI=1S/C69H53N5/c1-68(2,3)44-37-52-53-38-45(69(4,5)6)40-57(72(48-29-15-9-16-30-48)49-31-17-10-18-32-49)64(53)74-63(52)55(39-44)61-62-58(41-70-67(61)74)73-65-54(35-42-23-19-22-34-51(42)60(62)65)59-50-33-21-20-24-43(50)36-56(66(59)73)71(46-25-11-7-12-26-46)47-27-13-8-14-28-47/h7-41H,1-6H3. The van der Waals surface area contributed by atoms with Crippen LogP contribution in [0.3, 0.4) is 0 Å². The first kappa shape index (κ1) is 42.7. The van der Waals surface area contributed by atoms with Crippen molar-refractivity contribution in [3.8, 4) is 0 Å². The topological polar surface area (TPSA) is 28.2 Å². The molecular weight excluding hydrogens is 899 g/mol. The Hall–Kier alpha value is -8.93. The molecule has 5 heteroatoms. The fourth-order valence-corrected chi connectivity index (χ4v) is 12.5. The highest BCUT2D eigenvalue weighted by Gasteiger charge is 2.33. The van der Waals surface area contributed by atoms with Crippen molar-refractivity contribution in [2.45, 2.75) is 52.4 Å². The van der Waals surface area contributed by atoms with Crippen LogP contribution in [0.4, 0.5) is 34.1 Å². The Bertz CT molecular complexity index is 4630. The molecule has 10 aromatic carbocycles. The van der Waals surface area contributed by atoms with Gasteiger partial charge in [0.15, 0.2) is 0 Å². The van der Waals surface area contributed by atoms with E-state index in [9.17, 15) is 0 Å². The predicted molar refractivity (Wildman–Crippen MR) is 315 cm³/mol. The lowest BCUT2D eigenvalue weighted by Gasteiger charge is -2.29. The first-order chi connectivity index (χ1) is 36.0. The molecule has 0 bridgehead atoms. The van der Waals surface area contributed by atoms with Crippen LogP contribution in [0.5, 0.6) is 0 Å². The molecule has 0 fully saturated rings. The molecule has 0 saturated heterocycles. The van der Waals surface area contributed by atoms with Gasteiger partial charge in [0.1, 0.15) is 5.65 Å². The van der Waals surface area contributed by atoms with Crippen LogP contribution in [-0.2, 0) is 10.8 Å². The molecule has 0 atom stereocenters. The summed E-state index contributed by atoms with van der Waals surface area (Å²) in [6.45, 7) is 14.1. The molecule has 0 spiro atoms. The third-order valence-electron chi connectivity index (χ3n) is 16.0. The van der Waals surface area contributed by atoms with E-state index in [1.807, 2.05) is 0 Å². The fraction of sp³-hybridized carbons (Fsp3) is 0.116. The number of aromatic nitrogens is 3. The van der Waals surface area contributed by atoms with Gasteiger partial charge in [0.05, 0.1) is 45.2 Å². The molecule has 5 nitrogen and oxygen atoms in total. The number of anilines is 6. The maximum absolute atomic E-state index is 5.80. The second-order valence-electron chi connectivity index (χ2n) is 22.4. The molecule has 0 aliphatic rings. The van der Waals surface area contributed by atoms with Crippen molar-refractivity contribution in [1.82, 2.24) is 13.8 Å². The van der Waals surface area contributed by atoms with Crippen LogP contribution in [0.1, 0.15) is 52.7 Å². The zero-order valence-corrected chi connectivity index (χ0v) is 42.4. The van der Waals surface area contributed by atoms with Crippen LogP contribution < -0.4 is 9.80 Å².